The van der Waals surface area contributed by atoms with E-state index in [0.717, 1.165) is 28.1 Å². The van der Waals surface area contributed by atoms with Gasteiger partial charge in [0, 0.05) is 18.2 Å². The van der Waals surface area contributed by atoms with Crippen LogP contribution in [0, 0.1) is 0 Å². The molecule has 13 rings (SSSR count). The van der Waals surface area contributed by atoms with Gasteiger partial charge in [-0.2, -0.15) is 0 Å². The molecule has 1 aliphatic heterocycles. The molecule has 3 nitrogen and oxygen atoms in total. The maximum absolute atomic E-state index is 5.69. The van der Waals surface area contributed by atoms with E-state index in [2.05, 4.69) is 273 Å². The van der Waals surface area contributed by atoms with Gasteiger partial charge in [0.2, 0.25) is 0 Å². The fraction of sp³-hybridized carbons (Fsp3) is 0.0606. The number of benzene rings is 10. The van der Waals surface area contributed by atoms with Crippen LogP contribution in [0.5, 0.6) is 0 Å². The fourth-order valence-corrected chi connectivity index (χ4v) is 11.9. The molecule has 1 heterocycles. The standard InChI is InChI=1S/C66H47N3/c1-69-63(48-25-21-24-46(42-48)45-22-7-2-8-23-45)67-62(47-38-40-56-54-34-17-19-36-58(54)65(60(56)43-47,50-26-9-3-10-27-50)51-28-11-4-12-29-51)68-64(69)49-39-41-57-55-35-18-20-37-59(55)66(61(57)44-49,52-30-13-5-14-31-52)53-32-15-6-16-33-53/h2-44,63H,1H3/t63-/m1/s1. The van der Waals surface area contributed by atoms with Crippen LogP contribution in [-0.4, -0.2) is 23.6 Å². The zero-order valence-electron chi connectivity index (χ0n) is 38.2. The minimum atomic E-state index is -0.556. The van der Waals surface area contributed by atoms with Gasteiger partial charge in [-0.1, -0.05) is 243 Å². The molecule has 0 unspecified atom stereocenters. The highest BCUT2D eigenvalue weighted by Crippen LogP contribution is 2.58. The lowest BCUT2D eigenvalue weighted by Crippen LogP contribution is -2.36. The van der Waals surface area contributed by atoms with Crippen molar-refractivity contribution in [2.24, 2.45) is 9.98 Å². The van der Waals surface area contributed by atoms with Crippen LogP contribution in [0.15, 0.2) is 271 Å². The van der Waals surface area contributed by atoms with Crippen molar-refractivity contribution in [2.45, 2.75) is 17.0 Å². The van der Waals surface area contributed by atoms with E-state index in [4.69, 9.17) is 9.98 Å². The van der Waals surface area contributed by atoms with Crippen molar-refractivity contribution >= 4 is 11.7 Å². The molecule has 326 valence electrons. The Morgan fingerprint density at radius 2 is 0.739 bits per heavy atom. The number of rotatable bonds is 8. The lowest BCUT2D eigenvalue weighted by Gasteiger charge is -2.35. The molecule has 10 aromatic carbocycles. The van der Waals surface area contributed by atoms with Crippen LogP contribution < -0.4 is 0 Å². The number of nitrogens with zero attached hydrogens (tertiary/aromatic N) is 3. The third-order valence-electron chi connectivity index (χ3n) is 14.9. The molecule has 0 saturated heterocycles. The van der Waals surface area contributed by atoms with E-state index in [0.29, 0.717) is 5.84 Å². The second-order valence-electron chi connectivity index (χ2n) is 18.4. The molecule has 0 amide bonds. The molecule has 0 aromatic heterocycles. The summed E-state index contributed by atoms with van der Waals surface area (Å²) in [6.45, 7) is 0. The topological polar surface area (TPSA) is 28.0 Å². The van der Waals surface area contributed by atoms with Crippen LogP contribution in [-0.2, 0) is 10.8 Å². The van der Waals surface area contributed by atoms with Crippen molar-refractivity contribution in [3.63, 3.8) is 0 Å². The van der Waals surface area contributed by atoms with Crippen LogP contribution in [0.4, 0.5) is 0 Å². The second kappa shape index (κ2) is 16.3. The molecule has 3 aliphatic rings. The van der Waals surface area contributed by atoms with E-state index in [-0.39, 0.29) is 6.17 Å². The summed E-state index contributed by atoms with van der Waals surface area (Å²) in [5.41, 5.74) is 19.2. The molecule has 0 spiro atoms. The largest absolute Gasteiger partial charge is 0.333 e. The minimum absolute atomic E-state index is 0.368. The average Bonchev–Trinajstić information content (AvgIpc) is 3.90. The van der Waals surface area contributed by atoms with Gasteiger partial charge in [-0.25, -0.2) is 9.98 Å². The van der Waals surface area contributed by atoms with Crippen molar-refractivity contribution < 1.29 is 0 Å². The van der Waals surface area contributed by atoms with E-state index >= 15 is 0 Å². The first-order chi connectivity index (χ1) is 34.1. The number of fused-ring (bicyclic) bond motifs is 6. The van der Waals surface area contributed by atoms with Gasteiger partial charge in [-0.15, -0.1) is 0 Å². The summed E-state index contributed by atoms with van der Waals surface area (Å²) in [7, 11) is 2.15. The third-order valence-corrected chi connectivity index (χ3v) is 14.9. The number of aliphatic imine (C=N–C) groups is 2. The number of amidine groups is 2. The number of hydrogen-bond donors (Lipinski definition) is 0. The van der Waals surface area contributed by atoms with Crippen LogP contribution in [0.25, 0.3) is 33.4 Å². The summed E-state index contributed by atoms with van der Waals surface area (Å²) in [5.74, 6) is 1.57. The Morgan fingerprint density at radius 1 is 0.333 bits per heavy atom. The molecular formula is C66H47N3. The summed E-state index contributed by atoms with van der Waals surface area (Å²) < 4.78 is 0. The number of hydrogen-bond acceptors (Lipinski definition) is 3. The van der Waals surface area contributed by atoms with Crippen molar-refractivity contribution in [2.75, 3.05) is 7.05 Å². The van der Waals surface area contributed by atoms with Crippen LogP contribution in [0.3, 0.4) is 0 Å². The van der Waals surface area contributed by atoms with E-state index in [1.807, 2.05) is 0 Å². The van der Waals surface area contributed by atoms with Crippen LogP contribution in [0.1, 0.15) is 67.4 Å². The van der Waals surface area contributed by atoms with Crippen molar-refractivity contribution in [1.29, 1.82) is 0 Å². The molecular weight excluding hydrogens is 835 g/mol. The Balaban J connectivity index is 1.04. The maximum Gasteiger partial charge on any atom is 0.159 e. The van der Waals surface area contributed by atoms with Gasteiger partial charge < -0.3 is 4.90 Å². The minimum Gasteiger partial charge on any atom is -0.333 e. The van der Waals surface area contributed by atoms with Crippen LogP contribution in [0.2, 0.25) is 0 Å². The SMILES string of the molecule is CN1C(c2ccc3c(c2)C(c2ccccc2)(c2ccccc2)c2ccccc2-3)=NC(c2ccc3c(c2)C(c2ccccc2)(c2ccccc2)c2ccccc2-3)=N[C@H]1c1cccc(-c2ccccc2)c1. The predicted octanol–water partition coefficient (Wildman–Crippen LogP) is 14.9. The van der Waals surface area contributed by atoms with Gasteiger partial charge in [0.05, 0.1) is 10.8 Å². The molecule has 3 heteroatoms. The van der Waals surface area contributed by atoms with Crippen molar-refractivity contribution in [3.8, 4) is 33.4 Å². The molecule has 10 aromatic rings. The first-order valence-corrected chi connectivity index (χ1v) is 23.9. The molecule has 1 atom stereocenters. The Kier molecular flexibility index (Phi) is 9.59. The van der Waals surface area contributed by atoms with Crippen molar-refractivity contribution in [1.82, 2.24) is 4.90 Å². The highest BCUT2D eigenvalue weighted by molar-refractivity contribution is 6.14. The second-order valence-corrected chi connectivity index (χ2v) is 18.4. The Morgan fingerprint density at radius 3 is 1.25 bits per heavy atom. The van der Waals surface area contributed by atoms with E-state index < -0.39 is 10.8 Å². The summed E-state index contributed by atoms with van der Waals surface area (Å²) in [6.07, 6.45) is -0.368. The van der Waals surface area contributed by atoms with Gasteiger partial charge in [0.25, 0.3) is 0 Å². The predicted molar refractivity (Wildman–Crippen MR) is 283 cm³/mol. The molecule has 69 heavy (non-hydrogen) atoms. The zero-order valence-corrected chi connectivity index (χ0v) is 38.2. The van der Waals surface area contributed by atoms with Crippen molar-refractivity contribution in [3.05, 3.63) is 322 Å². The lowest BCUT2D eigenvalue weighted by molar-refractivity contribution is 0.383. The average molecular weight is 882 g/mol. The third kappa shape index (κ3) is 6.20. The molecule has 0 bridgehead atoms. The maximum atomic E-state index is 5.69. The molecule has 0 fully saturated rings. The molecule has 0 radical (unpaired) electrons. The highest BCUT2D eigenvalue weighted by Gasteiger charge is 2.48. The lowest BCUT2D eigenvalue weighted by atomic mass is 9.67. The Hall–Kier alpha value is -8.66. The Bertz CT molecular complexity index is 3540. The summed E-state index contributed by atoms with van der Waals surface area (Å²) in [5, 5.41) is 0. The van der Waals surface area contributed by atoms with Gasteiger partial charge >= 0.3 is 0 Å². The summed E-state index contributed by atoms with van der Waals surface area (Å²) >= 11 is 0. The van der Waals surface area contributed by atoms with Gasteiger partial charge in [0.1, 0.15) is 5.84 Å². The summed E-state index contributed by atoms with van der Waals surface area (Å²) in [6, 6.07) is 95.3. The van der Waals surface area contributed by atoms with Gasteiger partial charge in [0.15, 0.2) is 12.0 Å². The summed E-state index contributed by atoms with van der Waals surface area (Å²) in [4.78, 5) is 13.6. The first kappa shape index (κ1) is 40.6. The fourth-order valence-electron chi connectivity index (χ4n) is 11.9. The highest BCUT2D eigenvalue weighted by atomic mass is 15.3. The quantitative estimate of drug-likeness (QED) is 0.149. The first-order valence-electron chi connectivity index (χ1n) is 23.9. The zero-order chi connectivity index (χ0) is 45.9. The monoisotopic (exact) mass is 881 g/mol. The van der Waals surface area contributed by atoms with Gasteiger partial charge in [-0.05, 0) is 102 Å². The van der Waals surface area contributed by atoms with E-state index in [9.17, 15) is 0 Å². The Labute approximate surface area is 404 Å². The van der Waals surface area contributed by atoms with Crippen LogP contribution >= 0.6 is 0 Å². The molecule has 2 aliphatic carbocycles. The van der Waals surface area contributed by atoms with E-state index in [1.54, 1.807) is 0 Å². The molecule has 0 saturated carbocycles. The molecule has 0 N–H and O–H groups in total. The normalized spacial score (nSPS) is 15.8. The smallest absolute Gasteiger partial charge is 0.159 e. The van der Waals surface area contributed by atoms with E-state index in [1.165, 1.54) is 72.3 Å². The van der Waals surface area contributed by atoms with Gasteiger partial charge in [-0.3, -0.25) is 0 Å².